The molecule has 1 unspecified atom stereocenters. The third-order valence-corrected chi connectivity index (χ3v) is 5.30. The van der Waals surface area contributed by atoms with Crippen LogP contribution in [0.15, 0.2) is 29.2 Å². The van der Waals surface area contributed by atoms with E-state index in [-0.39, 0.29) is 4.90 Å². The molecule has 1 aliphatic rings. The highest BCUT2D eigenvalue weighted by Crippen LogP contribution is 2.19. The fourth-order valence-corrected chi connectivity index (χ4v) is 3.39. The maximum absolute atomic E-state index is 13.1. The summed E-state index contributed by atoms with van der Waals surface area (Å²) in [4.78, 5) is 13.5. The number of nitrogens with zero attached hydrogens (tertiary/aromatic N) is 1. The van der Waals surface area contributed by atoms with Gasteiger partial charge in [0.1, 0.15) is 11.1 Å². The van der Waals surface area contributed by atoms with Gasteiger partial charge in [-0.3, -0.25) is 4.79 Å². The van der Waals surface area contributed by atoms with Gasteiger partial charge in [0, 0.05) is 13.1 Å². The number of halogens is 1. The molecule has 7 heteroatoms. The molecule has 0 bridgehead atoms. The molecule has 0 radical (unpaired) electrons. The first-order valence-corrected chi connectivity index (χ1v) is 7.83. The van der Waals surface area contributed by atoms with Crippen LogP contribution in [0.1, 0.15) is 6.92 Å². The largest absolute Gasteiger partial charge is 0.378 e. The van der Waals surface area contributed by atoms with E-state index in [1.807, 2.05) is 0 Å². The summed E-state index contributed by atoms with van der Waals surface area (Å²) in [5.74, 6) is -1.12. The number of hydrogen-bond donors (Lipinski definition) is 0. The number of benzene rings is 1. The lowest BCUT2D eigenvalue weighted by Crippen LogP contribution is -2.47. The van der Waals surface area contributed by atoms with Crippen molar-refractivity contribution in [2.45, 2.75) is 17.1 Å². The molecule has 5 nitrogen and oxygen atoms in total. The number of hydrogen-bond acceptors (Lipinski definition) is 4. The van der Waals surface area contributed by atoms with Crippen molar-refractivity contribution < 1.29 is 22.3 Å². The monoisotopic (exact) mass is 301 g/mol. The summed E-state index contributed by atoms with van der Waals surface area (Å²) in [6, 6.07) is 4.70. The maximum atomic E-state index is 13.1. The SMILES string of the molecule is CC(C(=O)N1CCOCC1)S(=O)(=O)c1cccc(F)c1. The van der Waals surface area contributed by atoms with Crippen LogP contribution in [-0.4, -0.2) is 50.8 Å². The molecule has 0 saturated carbocycles. The summed E-state index contributed by atoms with van der Waals surface area (Å²) in [7, 11) is -3.88. The average molecular weight is 301 g/mol. The lowest BCUT2D eigenvalue weighted by molar-refractivity contribution is -0.134. The van der Waals surface area contributed by atoms with Crippen LogP contribution >= 0.6 is 0 Å². The predicted octanol–water partition coefficient (Wildman–Crippen LogP) is 0.847. The molecule has 1 atom stereocenters. The van der Waals surface area contributed by atoms with Crippen molar-refractivity contribution in [3.8, 4) is 0 Å². The Morgan fingerprint density at radius 1 is 1.35 bits per heavy atom. The first-order valence-electron chi connectivity index (χ1n) is 6.29. The zero-order valence-electron chi connectivity index (χ0n) is 11.1. The second-order valence-corrected chi connectivity index (χ2v) is 6.85. The standard InChI is InChI=1S/C13H16FNO4S/c1-10(13(16)15-5-7-19-8-6-15)20(17,18)12-4-2-3-11(14)9-12/h2-4,9-10H,5-8H2,1H3. The van der Waals surface area contributed by atoms with Gasteiger partial charge in [-0.15, -0.1) is 0 Å². The number of sulfone groups is 1. The Bertz CT molecular complexity index is 596. The third-order valence-electron chi connectivity index (χ3n) is 3.26. The van der Waals surface area contributed by atoms with E-state index < -0.39 is 26.8 Å². The highest BCUT2D eigenvalue weighted by Gasteiger charge is 2.33. The lowest BCUT2D eigenvalue weighted by Gasteiger charge is -2.29. The van der Waals surface area contributed by atoms with Gasteiger partial charge in [0.15, 0.2) is 9.84 Å². The minimum atomic E-state index is -3.88. The molecule has 1 heterocycles. The summed E-state index contributed by atoms with van der Waals surface area (Å²) in [6.45, 7) is 2.89. The van der Waals surface area contributed by atoms with E-state index in [4.69, 9.17) is 4.74 Å². The Balaban J connectivity index is 2.22. The fourth-order valence-electron chi connectivity index (χ4n) is 2.02. The molecule has 1 saturated heterocycles. The normalized spacial score (nSPS) is 17.8. The first-order chi connectivity index (χ1) is 9.43. The molecule has 0 aromatic heterocycles. The van der Waals surface area contributed by atoms with Crippen LogP contribution in [-0.2, 0) is 19.4 Å². The molecular formula is C13H16FNO4S. The van der Waals surface area contributed by atoms with E-state index in [0.717, 1.165) is 12.1 Å². The van der Waals surface area contributed by atoms with E-state index in [0.29, 0.717) is 26.3 Å². The van der Waals surface area contributed by atoms with Crippen LogP contribution < -0.4 is 0 Å². The zero-order chi connectivity index (χ0) is 14.8. The number of amides is 1. The van der Waals surface area contributed by atoms with Crippen molar-refractivity contribution in [2.75, 3.05) is 26.3 Å². The summed E-state index contributed by atoms with van der Waals surface area (Å²) >= 11 is 0. The smallest absolute Gasteiger partial charge is 0.241 e. The first kappa shape index (κ1) is 14.9. The second kappa shape index (κ2) is 5.88. The molecule has 1 aromatic carbocycles. The van der Waals surface area contributed by atoms with Crippen molar-refractivity contribution in [3.63, 3.8) is 0 Å². The van der Waals surface area contributed by atoms with E-state index in [2.05, 4.69) is 0 Å². The van der Waals surface area contributed by atoms with Crippen molar-refractivity contribution in [3.05, 3.63) is 30.1 Å². The Kier molecular flexibility index (Phi) is 4.39. The maximum Gasteiger partial charge on any atom is 0.241 e. The molecule has 1 fully saturated rings. The van der Waals surface area contributed by atoms with E-state index >= 15 is 0 Å². The number of ether oxygens (including phenoxy) is 1. The molecule has 0 aliphatic carbocycles. The molecule has 1 amide bonds. The van der Waals surface area contributed by atoms with Gasteiger partial charge in [-0.05, 0) is 25.1 Å². The van der Waals surface area contributed by atoms with E-state index in [1.165, 1.54) is 24.0 Å². The predicted molar refractivity (Wildman–Crippen MR) is 70.4 cm³/mol. The minimum absolute atomic E-state index is 0.174. The number of morpholine rings is 1. The minimum Gasteiger partial charge on any atom is -0.378 e. The Morgan fingerprint density at radius 2 is 2.00 bits per heavy atom. The second-order valence-electron chi connectivity index (χ2n) is 4.58. The number of carbonyl (C=O) groups is 1. The highest BCUT2D eigenvalue weighted by atomic mass is 32.2. The van der Waals surface area contributed by atoms with Gasteiger partial charge < -0.3 is 9.64 Å². The Hall–Kier alpha value is -1.47. The molecule has 1 aromatic rings. The Labute approximate surface area is 117 Å². The quantitative estimate of drug-likeness (QED) is 0.830. The molecule has 2 rings (SSSR count). The van der Waals surface area contributed by atoms with Crippen molar-refractivity contribution >= 4 is 15.7 Å². The topological polar surface area (TPSA) is 63.7 Å². The zero-order valence-corrected chi connectivity index (χ0v) is 11.9. The average Bonchev–Trinajstić information content (AvgIpc) is 2.46. The van der Waals surface area contributed by atoms with Gasteiger partial charge in [0.25, 0.3) is 0 Å². The van der Waals surface area contributed by atoms with Crippen molar-refractivity contribution in [2.24, 2.45) is 0 Å². The lowest BCUT2D eigenvalue weighted by atomic mass is 10.3. The van der Waals surface area contributed by atoms with Crippen molar-refractivity contribution in [1.29, 1.82) is 0 Å². The summed E-state index contributed by atoms with van der Waals surface area (Å²) in [5.41, 5.74) is 0. The molecular weight excluding hydrogens is 285 g/mol. The van der Waals surface area contributed by atoms with Crippen LogP contribution in [0.5, 0.6) is 0 Å². The molecule has 0 spiro atoms. The van der Waals surface area contributed by atoms with Gasteiger partial charge in [-0.2, -0.15) is 0 Å². The van der Waals surface area contributed by atoms with Crippen LogP contribution in [0.25, 0.3) is 0 Å². The summed E-state index contributed by atoms with van der Waals surface area (Å²) in [5, 5.41) is -1.23. The van der Waals surface area contributed by atoms with Gasteiger partial charge >= 0.3 is 0 Å². The number of rotatable bonds is 3. The highest BCUT2D eigenvalue weighted by molar-refractivity contribution is 7.92. The van der Waals surface area contributed by atoms with Gasteiger partial charge in [-0.25, -0.2) is 12.8 Å². The molecule has 0 N–H and O–H groups in total. The van der Waals surface area contributed by atoms with Gasteiger partial charge in [0.2, 0.25) is 5.91 Å². The number of carbonyl (C=O) groups excluding carboxylic acids is 1. The fraction of sp³-hybridized carbons (Fsp3) is 0.462. The molecule has 20 heavy (non-hydrogen) atoms. The third kappa shape index (κ3) is 2.99. The van der Waals surface area contributed by atoms with Crippen molar-refractivity contribution in [1.82, 2.24) is 4.90 Å². The van der Waals surface area contributed by atoms with Crippen LogP contribution in [0, 0.1) is 5.82 Å². The van der Waals surface area contributed by atoms with E-state index in [1.54, 1.807) is 0 Å². The van der Waals surface area contributed by atoms with Gasteiger partial charge in [-0.1, -0.05) is 6.07 Å². The van der Waals surface area contributed by atoms with E-state index in [9.17, 15) is 17.6 Å². The summed E-state index contributed by atoms with van der Waals surface area (Å²) in [6.07, 6.45) is 0. The van der Waals surface area contributed by atoms with Gasteiger partial charge in [0.05, 0.1) is 18.1 Å². The van der Waals surface area contributed by atoms with Crippen LogP contribution in [0.3, 0.4) is 0 Å². The van der Waals surface area contributed by atoms with Crippen LogP contribution in [0.2, 0.25) is 0 Å². The summed E-state index contributed by atoms with van der Waals surface area (Å²) < 4.78 is 42.9. The Morgan fingerprint density at radius 3 is 2.60 bits per heavy atom. The molecule has 1 aliphatic heterocycles. The van der Waals surface area contributed by atoms with Crippen LogP contribution in [0.4, 0.5) is 4.39 Å². The molecule has 110 valence electrons.